The van der Waals surface area contributed by atoms with E-state index in [0.717, 1.165) is 35.5 Å². The van der Waals surface area contributed by atoms with E-state index >= 15 is 0 Å². The predicted octanol–water partition coefficient (Wildman–Crippen LogP) is 3.52. The first kappa shape index (κ1) is 14.9. The van der Waals surface area contributed by atoms with E-state index in [4.69, 9.17) is 6.42 Å². The number of hydrogen-bond acceptors (Lipinski definition) is 2. The average molecular weight is 281 g/mol. The van der Waals surface area contributed by atoms with Crippen LogP contribution in [0.5, 0.6) is 0 Å². The molecule has 0 spiro atoms. The van der Waals surface area contributed by atoms with Crippen LogP contribution in [0.15, 0.2) is 30.3 Å². The lowest BCUT2D eigenvalue weighted by Crippen LogP contribution is -2.12. The second kappa shape index (κ2) is 7.30. The molecule has 0 unspecified atom stereocenters. The molecule has 2 rings (SSSR count). The van der Waals surface area contributed by atoms with Crippen LogP contribution in [0.1, 0.15) is 31.4 Å². The van der Waals surface area contributed by atoms with Gasteiger partial charge in [0.1, 0.15) is 5.69 Å². The number of carbonyl (C=O) groups is 1. The Bertz CT molecular complexity index is 638. The highest BCUT2D eigenvalue weighted by Crippen LogP contribution is 2.28. The number of anilines is 1. The van der Waals surface area contributed by atoms with Gasteiger partial charge in [-0.2, -0.15) is 5.10 Å². The van der Waals surface area contributed by atoms with Crippen LogP contribution in [0.2, 0.25) is 0 Å². The highest BCUT2D eigenvalue weighted by atomic mass is 16.1. The van der Waals surface area contributed by atoms with Gasteiger partial charge < -0.3 is 5.32 Å². The van der Waals surface area contributed by atoms with Gasteiger partial charge >= 0.3 is 0 Å². The molecule has 0 saturated carbocycles. The number of hydrogen-bond donors (Lipinski definition) is 2. The maximum atomic E-state index is 12.0. The lowest BCUT2D eigenvalue weighted by molar-refractivity contribution is -0.116. The van der Waals surface area contributed by atoms with Crippen LogP contribution in [0.4, 0.5) is 5.69 Å². The molecule has 4 nitrogen and oxygen atoms in total. The van der Waals surface area contributed by atoms with E-state index in [1.54, 1.807) is 0 Å². The van der Waals surface area contributed by atoms with Crippen molar-refractivity contribution in [2.24, 2.45) is 0 Å². The highest BCUT2D eigenvalue weighted by Gasteiger charge is 2.14. The lowest BCUT2D eigenvalue weighted by atomic mass is 10.1. The second-order valence-electron chi connectivity index (χ2n) is 4.90. The monoisotopic (exact) mass is 281 g/mol. The third-order valence-electron chi connectivity index (χ3n) is 3.23. The summed E-state index contributed by atoms with van der Waals surface area (Å²) in [5.41, 5.74) is 3.35. The van der Waals surface area contributed by atoms with Crippen molar-refractivity contribution in [3.05, 3.63) is 36.0 Å². The summed E-state index contributed by atoms with van der Waals surface area (Å²) in [6, 6.07) is 9.79. The molecule has 0 bridgehead atoms. The van der Waals surface area contributed by atoms with Crippen molar-refractivity contribution in [3.8, 4) is 23.6 Å². The first-order chi connectivity index (χ1) is 10.2. The molecule has 0 radical (unpaired) electrons. The summed E-state index contributed by atoms with van der Waals surface area (Å²) in [6.45, 7) is 1.90. The highest BCUT2D eigenvalue weighted by molar-refractivity contribution is 5.95. The van der Waals surface area contributed by atoms with Crippen molar-refractivity contribution in [2.45, 2.75) is 32.6 Å². The third-order valence-corrected chi connectivity index (χ3v) is 3.23. The Labute approximate surface area is 125 Å². The number of unbranched alkanes of at least 4 members (excludes halogenated alkanes) is 2. The Balaban J connectivity index is 2.05. The molecule has 108 valence electrons. The lowest BCUT2D eigenvalue weighted by Gasteiger charge is -2.06. The Morgan fingerprint density at radius 2 is 2.10 bits per heavy atom. The van der Waals surface area contributed by atoms with Gasteiger partial charge in [0.25, 0.3) is 0 Å². The van der Waals surface area contributed by atoms with Gasteiger partial charge in [-0.05, 0) is 19.8 Å². The SMILES string of the molecule is C#CCCCCC(=O)Nc1c(-c2ccccc2)n[nH]c1C. The molecule has 2 aromatic rings. The second-order valence-corrected chi connectivity index (χ2v) is 4.90. The molecule has 0 atom stereocenters. The van der Waals surface area contributed by atoms with Gasteiger partial charge in [-0.25, -0.2) is 0 Å². The molecule has 0 saturated heterocycles. The summed E-state index contributed by atoms with van der Waals surface area (Å²) in [6.07, 6.45) is 8.06. The van der Waals surface area contributed by atoms with E-state index in [1.165, 1.54) is 0 Å². The van der Waals surface area contributed by atoms with Crippen LogP contribution in [0.25, 0.3) is 11.3 Å². The summed E-state index contributed by atoms with van der Waals surface area (Å²) in [5, 5.41) is 10.2. The van der Waals surface area contributed by atoms with Crippen molar-refractivity contribution >= 4 is 11.6 Å². The average Bonchev–Trinajstić information content (AvgIpc) is 2.86. The zero-order valence-corrected chi connectivity index (χ0v) is 12.1. The molecule has 1 aromatic carbocycles. The number of aromatic amines is 1. The quantitative estimate of drug-likeness (QED) is 0.628. The first-order valence-electron chi connectivity index (χ1n) is 7.06. The zero-order valence-electron chi connectivity index (χ0n) is 12.1. The summed E-state index contributed by atoms with van der Waals surface area (Å²) in [7, 11) is 0. The van der Waals surface area contributed by atoms with Gasteiger partial charge in [-0.1, -0.05) is 30.3 Å². The maximum Gasteiger partial charge on any atom is 0.224 e. The smallest absolute Gasteiger partial charge is 0.224 e. The Kier molecular flexibility index (Phi) is 5.16. The number of nitrogens with one attached hydrogen (secondary N) is 2. The van der Waals surface area contributed by atoms with Gasteiger partial charge in [-0.3, -0.25) is 9.89 Å². The van der Waals surface area contributed by atoms with E-state index in [1.807, 2.05) is 37.3 Å². The minimum atomic E-state index is -0.00583. The number of rotatable bonds is 6. The van der Waals surface area contributed by atoms with Crippen molar-refractivity contribution < 1.29 is 4.79 Å². The van der Waals surface area contributed by atoms with Crippen molar-refractivity contribution in [1.29, 1.82) is 0 Å². The van der Waals surface area contributed by atoms with Gasteiger partial charge in [0.2, 0.25) is 5.91 Å². The van der Waals surface area contributed by atoms with Crippen molar-refractivity contribution in [3.63, 3.8) is 0 Å². The molecule has 1 heterocycles. The number of H-pyrrole nitrogens is 1. The third kappa shape index (κ3) is 3.96. The van der Waals surface area contributed by atoms with Gasteiger partial charge in [0.05, 0.1) is 11.4 Å². The summed E-state index contributed by atoms with van der Waals surface area (Å²) in [5.74, 6) is 2.57. The number of amides is 1. The van der Waals surface area contributed by atoms with E-state index < -0.39 is 0 Å². The minimum Gasteiger partial charge on any atom is -0.323 e. The van der Waals surface area contributed by atoms with Gasteiger partial charge in [0, 0.05) is 18.4 Å². The molecular weight excluding hydrogens is 262 g/mol. The largest absolute Gasteiger partial charge is 0.323 e. The molecule has 0 aliphatic heterocycles. The molecule has 2 N–H and O–H groups in total. The molecule has 0 fully saturated rings. The molecular formula is C17H19N3O. The van der Waals surface area contributed by atoms with Crippen LogP contribution < -0.4 is 5.32 Å². The fourth-order valence-corrected chi connectivity index (χ4v) is 2.10. The van der Waals surface area contributed by atoms with Gasteiger partial charge in [0.15, 0.2) is 0 Å². The predicted molar refractivity (Wildman–Crippen MR) is 84.7 cm³/mol. The molecule has 4 heteroatoms. The fraction of sp³-hybridized carbons (Fsp3) is 0.294. The number of aryl methyl sites for hydroxylation is 1. The normalized spacial score (nSPS) is 10.1. The molecule has 0 aliphatic carbocycles. The zero-order chi connectivity index (χ0) is 15.1. The Hall–Kier alpha value is -2.54. The summed E-state index contributed by atoms with van der Waals surface area (Å²) in [4.78, 5) is 12.0. The standard InChI is InChI=1S/C17H19N3O/c1-3-4-5-9-12-15(21)18-16-13(2)19-20-17(16)14-10-7-6-8-11-14/h1,6-8,10-11H,4-5,9,12H2,2H3,(H,18,21)(H,19,20). The Morgan fingerprint density at radius 3 is 2.81 bits per heavy atom. The number of carbonyl (C=O) groups excluding carboxylic acids is 1. The molecule has 1 amide bonds. The molecule has 0 aliphatic rings. The van der Waals surface area contributed by atoms with Crippen LogP contribution in [0, 0.1) is 19.3 Å². The van der Waals surface area contributed by atoms with E-state index in [0.29, 0.717) is 12.8 Å². The molecule has 1 aromatic heterocycles. The number of nitrogens with zero attached hydrogens (tertiary/aromatic N) is 1. The van der Waals surface area contributed by atoms with E-state index in [-0.39, 0.29) is 5.91 Å². The molecule has 21 heavy (non-hydrogen) atoms. The van der Waals surface area contributed by atoms with E-state index in [2.05, 4.69) is 21.4 Å². The minimum absolute atomic E-state index is 0.00583. The van der Waals surface area contributed by atoms with Crippen LogP contribution >= 0.6 is 0 Å². The topological polar surface area (TPSA) is 57.8 Å². The van der Waals surface area contributed by atoms with E-state index in [9.17, 15) is 4.79 Å². The first-order valence-corrected chi connectivity index (χ1v) is 7.06. The Morgan fingerprint density at radius 1 is 1.33 bits per heavy atom. The number of terminal acetylenes is 1. The van der Waals surface area contributed by atoms with Crippen molar-refractivity contribution in [2.75, 3.05) is 5.32 Å². The fourth-order valence-electron chi connectivity index (χ4n) is 2.10. The maximum absolute atomic E-state index is 12.0. The van der Waals surface area contributed by atoms with Crippen LogP contribution in [-0.4, -0.2) is 16.1 Å². The number of benzene rings is 1. The summed E-state index contributed by atoms with van der Waals surface area (Å²) >= 11 is 0. The van der Waals surface area contributed by atoms with Crippen LogP contribution in [0.3, 0.4) is 0 Å². The van der Waals surface area contributed by atoms with Crippen LogP contribution in [-0.2, 0) is 4.79 Å². The van der Waals surface area contributed by atoms with Crippen molar-refractivity contribution in [1.82, 2.24) is 10.2 Å². The number of aromatic nitrogens is 2. The van der Waals surface area contributed by atoms with Gasteiger partial charge in [-0.15, -0.1) is 12.3 Å². The summed E-state index contributed by atoms with van der Waals surface area (Å²) < 4.78 is 0.